The van der Waals surface area contributed by atoms with Gasteiger partial charge in [-0.2, -0.15) is 5.10 Å². The van der Waals surface area contributed by atoms with Gasteiger partial charge in [0.25, 0.3) is 0 Å². The molecule has 5 nitrogen and oxygen atoms in total. The van der Waals surface area contributed by atoms with E-state index in [9.17, 15) is 0 Å². The van der Waals surface area contributed by atoms with Crippen molar-refractivity contribution in [3.63, 3.8) is 0 Å². The molecule has 4 rings (SSSR count). The van der Waals surface area contributed by atoms with Gasteiger partial charge in [-0.05, 0) is 18.9 Å². The first-order valence-corrected chi connectivity index (χ1v) is 8.53. The van der Waals surface area contributed by atoms with Crippen LogP contribution in [0, 0.1) is 17.3 Å². The van der Waals surface area contributed by atoms with Gasteiger partial charge in [-0.3, -0.25) is 4.68 Å². The molecule has 0 bridgehead atoms. The van der Waals surface area contributed by atoms with Crippen LogP contribution in [0.15, 0.2) is 12.3 Å². The largest absolute Gasteiger partial charge is 0.377 e. The second-order valence-electron chi connectivity index (χ2n) is 7.67. The van der Waals surface area contributed by atoms with Crippen molar-refractivity contribution >= 4 is 0 Å². The second-order valence-corrected chi connectivity index (χ2v) is 7.67. The average molecular weight is 305 g/mol. The van der Waals surface area contributed by atoms with E-state index in [-0.39, 0.29) is 11.5 Å². The van der Waals surface area contributed by atoms with Crippen molar-refractivity contribution in [3.8, 4) is 0 Å². The molecule has 5 heteroatoms. The predicted octanol–water partition coefficient (Wildman–Crippen LogP) is 1.90. The minimum atomic E-state index is 0.179. The molecule has 2 aliphatic heterocycles. The predicted molar refractivity (Wildman–Crippen MR) is 83.4 cm³/mol. The van der Waals surface area contributed by atoms with Crippen LogP contribution in [0.3, 0.4) is 0 Å². The molecule has 122 valence electrons. The third-order valence-electron chi connectivity index (χ3n) is 6.06. The summed E-state index contributed by atoms with van der Waals surface area (Å²) in [5, 5.41) is 8.13. The van der Waals surface area contributed by atoms with Gasteiger partial charge < -0.3 is 14.8 Å². The SMILES string of the molecule is Cn1nccc1[C@@H]1OCC[C@H]1CNC1C2CCOC2C1(C)C. The van der Waals surface area contributed by atoms with E-state index in [0.29, 0.717) is 24.0 Å². The monoisotopic (exact) mass is 305 g/mol. The maximum atomic E-state index is 5.99. The van der Waals surface area contributed by atoms with Crippen LogP contribution in [0.5, 0.6) is 0 Å². The number of aromatic nitrogens is 2. The Labute approximate surface area is 132 Å². The molecule has 3 fully saturated rings. The molecule has 1 aromatic heterocycles. The second kappa shape index (κ2) is 5.32. The molecule has 0 spiro atoms. The molecule has 1 N–H and O–H groups in total. The van der Waals surface area contributed by atoms with Crippen LogP contribution in [0.2, 0.25) is 0 Å². The van der Waals surface area contributed by atoms with Crippen LogP contribution in [0.25, 0.3) is 0 Å². The summed E-state index contributed by atoms with van der Waals surface area (Å²) >= 11 is 0. The molecule has 0 radical (unpaired) electrons. The van der Waals surface area contributed by atoms with Crippen LogP contribution in [-0.2, 0) is 16.5 Å². The molecule has 3 unspecified atom stereocenters. The number of hydrogen-bond acceptors (Lipinski definition) is 4. The number of nitrogens with zero attached hydrogens (tertiary/aromatic N) is 2. The summed E-state index contributed by atoms with van der Waals surface area (Å²) in [4.78, 5) is 0. The first-order chi connectivity index (χ1) is 10.6. The summed E-state index contributed by atoms with van der Waals surface area (Å²) in [7, 11) is 2.00. The lowest BCUT2D eigenvalue weighted by molar-refractivity contribution is -0.113. The topological polar surface area (TPSA) is 48.3 Å². The van der Waals surface area contributed by atoms with E-state index >= 15 is 0 Å². The minimum Gasteiger partial charge on any atom is -0.377 e. The smallest absolute Gasteiger partial charge is 0.103 e. The Morgan fingerprint density at radius 3 is 2.91 bits per heavy atom. The van der Waals surface area contributed by atoms with E-state index in [1.165, 1.54) is 12.1 Å². The highest BCUT2D eigenvalue weighted by molar-refractivity contribution is 5.12. The van der Waals surface area contributed by atoms with Crippen LogP contribution < -0.4 is 5.32 Å². The zero-order chi connectivity index (χ0) is 15.3. The summed E-state index contributed by atoms with van der Waals surface area (Å²) in [6.45, 7) is 7.47. The highest BCUT2D eigenvalue weighted by Crippen LogP contribution is 2.52. The third-order valence-corrected chi connectivity index (χ3v) is 6.06. The lowest BCUT2D eigenvalue weighted by atomic mass is 9.57. The van der Waals surface area contributed by atoms with E-state index in [2.05, 4.69) is 30.3 Å². The molecule has 3 heterocycles. The summed E-state index contributed by atoms with van der Waals surface area (Å²) in [6, 6.07) is 2.66. The zero-order valence-electron chi connectivity index (χ0n) is 13.8. The molecule has 1 aromatic rings. The Kier molecular flexibility index (Phi) is 3.55. The summed E-state index contributed by atoms with van der Waals surface area (Å²) in [5.74, 6) is 1.24. The maximum Gasteiger partial charge on any atom is 0.103 e. The van der Waals surface area contributed by atoms with E-state index in [4.69, 9.17) is 9.47 Å². The quantitative estimate of drug-likeness (QED) is 0.923. The van der Waals surface area contributed by atoms with Crippen molar-refractivity contribution in [2.45, 2.75) is 44.9 Å². The molecule has 0 amide bonds. The molecule has 22 heavy (non-hydrogen) atoms. The fourth-order valence-corrected chi connectivity index (χ4v) is 4.85. The van der Waals surface area contributed by atoms with E-state index in [1.54, 1.807) is 0 Å². The van der Waals surface area contributed by atoms with Crippen LogP contribution in [0.1, 0.15) is 38.5 Å². The molecule has 5 atom stereocenters. The lowest BCUT2D eigenvalue weighted by Crippen LogP contribution is -2.66. The number of nitrogens with one attached hydrogen (secondary N) is 1. The van der Waals surface area contributed by atoms with Crippen LogP contribution >= 0.6 is 0 Å². The van der Waals surface area contributed by atoms with Crippen LogP contribution in [-0.4, -0.2) is 41.7 Å². The average Bonchev–Trinajstić information content (AvgIpc) is 3.18. The van der Waals surface area contributed by atoms with Crippen molar-refractivity contribution in [3.05, 3.63) is 18.0 Å². The van der Waals surface area contributed by atoms with Gasteiger partial charge in [0.15, 0.2) is 0 Å². The molecule has 1 aliphatic carbocycles. The number of aryl methyl sites for hydroxylation is 1. The molecule has 0 aromatic carbocycles. The maximum absolute atomic E-state index is 5.99. The van der Waals surface area contributed by atoms with Crippen molar-refractivity contribution in [1.82, 2.24) is 15.1 Å². The molecule has 1 saturated carbocycles. The third kappa shape index (κ3) is 2.14. The lowest BCUT2D eigenvalue weighted by Gasteiger charge is -2.55. The van der Waals surface area contributed by atoms with Crippen molar-refractivity contribution in [1.29, 1.82) is 0 Å². The summed E-state index contributed by atoms with van der Waals surface area (Å²) in [5.41, 5.74) is 1.45. The first kappa shape index (κ1) is 14.7. The number of hydrogen-bond donors (Lipinski definition) is 1. The Balaban J connectivity index is 1.40. The molecule has 2 saturated heterocycles. The van der Waals surface area contributed by atoms with Gasteiger partial charge >= 0.3 is 0 Å². The van der Waals surface area contributed by atoms with E-state index in [0.717, 1.165) is 26.2 Å². The van der Waals surface area contributed by atoms with Gasteiger partial charge in [0.1, 0.15) is 6.10 Å². The first-order valence-electron chi connectivity index (χ1n) is 8.53. The van der Waals surface area contributed by atoms with Gasteiger partial charge in [-0.1, -0.05) is 13.8 Å². The highest BCUT2D eigenvalue weighted by atomic mass is 16.5. The Morgan fingerprint density at radius 2 is 2.14 bits per heavy atom. The van der Waals surface area contributed by atoms with Gasteiger partial charge in [-0.15, -0.1) is 0 Å². The van der Waals surface area contributed by atoms with E-state index in [1.807, 2.05) is 17.9 Å². The molecular weight excluding hydrogens is 278 g/mol. The summed E-state index contributed by atoms with van der Waals surface area (Å²) < 4.78 is 13.8. The fraction of sp³-hybridized carbons (Fsp3) is 0.824. The fourth-order valence-electron chi connectivity index (χ4n) is 4.85. The minimum absolute atomic E-state index is 0.179. The number of fused-ring (bicyclic) bond motifs is 1. The number of ether oxygens (including phenoxy) is 2. The zero-order valence-corrected chi connectivity index (χ0v) is 13.8. The summed E-state index contributed by atoms with van der Waals surface area (Å²) in [6.07, 6.45) is 4.83. The molecule has 3 aliphatic rings. The van der Waals surface area contributed by atoms with Crippen LogP contribution in [0.4, 0.5) is 0 Å². The Morgan fingerprint density at radius 1 is 1.32 bits per heavy atom. The normalized spacial score (nSPS) is 39.7. The Bertz CT molecular complexity index is 542. The van der Waals surface area contributed by atoms with Crippen molar-refractivity contribution < 1.29 is 9.47 Å². The Hall–Kier alpha value is -0.910. The van der Waals surface area contributed by atoms with Gasteiger partial charge in [0.05, 0.1) is 11.8 Å². The van der Waals surface area contributed by atoms with Gasteiger partial charge in [-0.25, -0.2) is 0 Å². The standard InChI is InChI=1S/C17H27N3O2/c1-17(2)15(12-6-9-22-16(12)17)18-10-11-5-8-21-14(11)13-4-7-19-20(13)3/h4,7,11-12,14-16,18H,5-6,8-10H2,1-3H3/t11-,12?,14+,15?,16?/m0/s1. The van der Waals surface area contributed by atoms with Crippen molar-refractivity contribution in [2.75, 3.05) is 19.8 Å². The number of rotatable bonds is 4. The highest BCUT2D eigenvalue weighted by Gasteiger charge is 2.59. The molecular formula is C17H27N3O2. The van der Waals surface area contributed by atoms with Crippen molar-refractivity contribution in [2.24, 2.45) is 24.3 Å². The van der Waals surface area contributed by atoms with E-state index < -0.39 is 0 Å². The van der Waals surface area contributed by atoms with Gasteiger partial charge in [0, 0.05) is 56.3 Å². The van der Waals surface area contributed by atoms with Gasteiger partial charge in [0.2, 0.25) is 0 Å².